The van der Waals surface area contributed by atoms with Crippen LogP contribution >= 0.6 is 0 Å². The van der Waals surface area contributed by atoms with Gasteiger partial charge in [0.2, 0.25) is 0 Å². The van der Waals surface area contributed by atoms with Crippen LogP contribution in [0.3, 0.4) is 0 Å². The van der Waals surface area contributed by atoms with Crippen LogP contribution in [0.25, 0.3) is 16.9 Å². The van der Waals surface area contributed by atoms with E-state index in [1.807, 2.05) is 0 Å². The van der Waals surface area contributed by atoms with E-state index in [-0.39, 0.29) is 18.1 Å². The molecule has 8 heteroatoms. The zero-order valence-electron chi connectivity index (χ0n) is 13.3. The first-order valence-electron chi connectivity index (χ1n) is 7.67. The number of hydrogen-bond donors (Lipinski definition) is 2. The summed E-state index contributed by atoms with van der Waals surface area (Å²) in [5, 5.41) is 16.3. The average molecular weight is 353 g/mol. The van der Waals surface area contributed by atoms with Crippen molar-refractivity contribution in [2.24, 2.45) is 0 Å². The van der Waals surface area contributed by atoms with E-state index in [2.05, 4.69) is 10.4 Å². The molecule has 0 spiro atoms. The topological polar surface area (TPSA) is 93.5 Å². The number of fused-ring (bicyclic) bond motifs is 1. The minimum absolute atomic E-state index is 0.0164. The number of amides is 1. The molecule has 0 saturated carbocycles. The number of carboxylic acid groups (broad SMARTS) is 1. The molecule has 1 amide bonds. The number of benzene rings is 2. The van der Waals surface area contributed by atoms with Crippen molar-refractivity contribution in [2.45, 2.75) is 0 Å². The van der Waals surface area contributed by atoms with Gasteiger partial charge in [-0.15, -0.1) is 0 Å². The molecule has 26 heavy (non-hydrogen) atoms. The fourth-order valence-electron chi connectivity index (χ4n) is 2.79. The van der Waals surface area contributed by atoms with Gasteiger partial charge in [-0.1, -0.05) is 0 Å². The molecule has 0 radical (unpaired) electrons. The Morgan fingerprint density at radius 3 is 2.73 bits per heavy atom. The van der Waals surface area contributed by atoms with E-state index in [9.17, 15) is 19.1 Å². The van der Waals surface area contributed by atoms with Crippen molar-refractivity contribution < 1.29 is 23.8 Å². The fourth-order valence-corrected chi connectivity index (χ4v) is 2.79. The molecule has 2 aromatic carbocycles. The number of aromatic nitrogens is 2. The van der Waals surface area contributed by atoms with E-state index in [1.54, 1.807) is 18.2 Å². The molecule has 0 aliphatic carbocycles. The summed E-state index contributed by atoms with van der Waals surface area (Å²) < 4.78 is 19.9. The standard InChI is InChI=1S/C18H12FN3O4/c19-11-2-4-12(5-3-11)22-17(13(8-20-22)18(24)25)10-1-6-15-14(7-10)21-16(23)9-26-15/h1-8H,9H2,(H,21,23)(H,24,25). The predicted molar refractivity (Wildman–Crippen MR) is 90.0 cm³/mol. The largest absolute Gasteiger partial charge is 0.482 e. The monoisotopic (exact) mass is 353 g/mol. The lowest BCUT2D eigenvalue weighted by atomic mass is 10.1. The number of halogens is 1. The normalized spacial score (nSPS) is 12.9. The van der Waals surface area contributed by atoms with E-state index in [4.69, 9.17) is 4.74 Å². The van der Waals surface area contributed by atoms with Gasteiger partial charge >= 0.3 is 5.97 Å². The maximum Gasteiger partial charge on any atom is 0.339 e. The Morgan fingerprint density at radius 1 is 1.23 bits per heavy atom. The second-order valence-electron chi connectivity index (χ2n) is 5.65. The summed E-state index contributed by atoms with van der Waals surface area (Å²) in [7, 11) is 0. The highest BCUT2D eigenvalue weighted by Gasteiger charge is 2.22. The van der Waals surface area contributed by atoms with Gasteiger partial charge in [0.25, 0.3) is 5.91 Å². The lowest BCUT2D eigenvalue weighted by molar-refractivity contribution is -0.118. The Morgan fingerprint density at radius 2 is 2.00 bits per heavy atom. The highest BCUT2D eigenvalue weighted by molar-refractivity contribution is 5.98. The first kappa shape index (κ1) is 15.8. The lowest BCUT2D eigenvalue weighted by Crippen LogP contribution is -2.25. The third-order valence-electron chi connectivity index (χ3n) is 3.96. The van der Waals surface area contributed by atoms with Crippen molar-refractivity contribution in [1.82, 2.24) is 9.78 Å². The van der Waals surface area contributed by atoms with Crippen molar-refractivity contribution in [3.05, 3.63) is 60.0 Å². The number of carboxylic acids is 1. The Balaban J connectivity index is 1.89. The summed E-state index contributed by atoms with van der Waals surface area (Å²) in [5.74, 6) is -1.35. The minimum atomic E-state index is -1.15. The number of nitrogens with one attached hydrogen (secondary N) is 1. The van der Waals surface area contributed by atoms with E-state index in [1.165, 1.54) is 35.1 Å². The number of hydrogen-bond acceptors (Lipinski definition) is 4. The smallest absolute Gasteiger partial charge is 0.339 e. The molecule has 0 bridgehead atoms. The van der Waals surface area contributed by atoms with Gasteiger partial charge in [0.05, 0.1) is 23.3 Å². The quantitative estimate of drug-likeness (QED) is 0.755. The molecule has 1 aromatic heterocycles. The summed E-state index contributed by atoms with van der Waals surface area (Å²) in [4.78, 5) is 23.2. The number of carbonyl (C=O) groups is 2. The van der Waals surface area contributed by atoms with Crippen molar-refractivity contribution in [1.29, 1.82) is 0 Å². The average Bonchev–Trinajstić information content (AvgIpc) is 3.07. The van der Waals surface area contributed by atoms with Crippen molar-refractivity contribution in [3.63, 3.8) is 0 Å². The zero-order chi connectivity index (χ0) is 18.3. The molecule has 0 unspecified atom stereocenters. The van der Waals surface area contributed by atoms with Gasteiger partial charge in [-0.3, -0.25) is 4.79 Å². The first-order chi connectivity index (χ1) is 12.5. The highest BCUT2D eigenvalue weighted by Crippen LogP contribution is 2.35. The number of carbonyl (C=O) groups excluding carboxylic acids is 1. The van der Waals surface area contributed by atoms with Crippen LogP contribution in [-0.2, 0) is 4.79 Å². The molecule has 4 rings (SSSR count). The molecule has 3 aromatic rings. The van der Waals surface area contributed by atoms with Crippen molar-refractivity contribution in [3.8, 4) is 22.7 Å². The van der Waals surface area contributed by atoms with Crippen molar-refractivity contribution in [2.75, 3.05) is 11.9 Å². The molecule has 0 saturated heterocycles. The van der Waals surface area contributed by atoms with Crippen LogP contribution in [0, 0.1) is 5.82 Å². The fraction of sp³-hybridized carbons (Fsp3) is 0.0556. The Hall–Kier alpha value is -3.68. The van der Waals surface area contributed by atoms with Crippen LogP contribution in [0.15, 0.2) is 48.7 Å². The van der Waals surface area contributed by atoms with Gasteiger partial charge in [0, 0.05) is 5.56 Å². The van der Waals surface area contributed by atoms with Crippen LogP contribution in [0.1, 0.15) is 10.4 Å². The molecule has 2 heterocycles. The van der Waals surface area contributed by atoms with Gasteiger partial charge in [-0.2, -0.15) is 5.10 Å². The van der Waals surface area contributed by atoms with Gasteiger partial charge in [0.15, 0.2) is 6.61 Å². The predicted octanol–water partition coefficient (Wildman–Crippen LogP) is 2.71. The number of aromatic carboxylic acids is 1. The number of rotatable bonds is 3. The number of ether oxygens (including phenoxy) is 1. The molecule has 130 valence electrons. The van der Waals surface area contributed by atoms with Crippen LogP contribution in [0.5, 0.6) is 5.75 Å². The molecule has 7 nitrogen and oxygen atoms in total. The second kappa shape index (κ2) is 5.99. The molecule has 0 fully saturated rings. The summed E-state index contributed by atoms with van der Waals surface area (Å²) in [6.45, 7) is -0.0692. The summed E-state index contributed by atoms with van der Waals surface area (Å²) in [6, 6.07) is 10.5. The van der Waals surface area contributed by atoms with Crippen LogP contribution < -0.4 is 10.1 Å². The summed E-state index contributed by atoms with van der Waals surface area (Å²) in [5.41, 5.74) is 1.77. The number of anilines is 1. The highest BCUT2D eigenvalue weighted by atomic mass is 19.1. The maximum absolute atomic E-state index is 13.2. The summed E-state index contributed by atoms with van der Waals surface area (Å²) >= 11 is 0. The Kier molecular flexibility index (Phi) is 3.65. The zero-order valence-corrected chi connectivity index (χ0v) is 13.3. The molecule has 2 N–H and O–H groups in total. The van der Waals surface area contributed by atoms with Crippen molar-refractivity contribution >= 4 is 17.6 Å². The molecular weight excluding hydrogens is 341 g/mol. The minimum Gasteiger partial charge on any atom is -0.482 e. The Bertz CT molecular complexity index is 1030. The number of nitrogens with zero attached hydrogens (tertiary/aromatic N) is 2. The first-order valence-corrected chi connectivity index (χ1v) is 7.67. The van der Waals surface area contributed by atoms with E-state index in [0.29, 0.717) is 28.4 Å². The van der Waals surface area contributed by atoms with Crippen LogP contribution in [-0.4, -0.2) is 33.4 Å². The van der Waals surface area contributed by atoms with E-state index in [0.717, 1.165) is 0 Å². The molecule has 1 aliphatic rings. The SMILES string of the molecule is O=C1COc2ccc(-c3c(C(=O)O)cnn3-c3ccc(F)cc3)cc2N1. The van der Waals surface area contributed by atoms with Gasteiger partial charge in [-0.25, -0.2) is 13.9 Å². The molecule has 0 atom stereocenters. The third-order valence-corrected chi connectivity index (χ3v) is 3.96. The maximum atomic E-state index is 13.2. The van der Waals surface area contributed by atoms with E-state index >= 15 is 0 Å². The second-order valence-corrected chi connectivity index (χ2v) is 5.65. The van der Waals surface area contributed by atoms with Gasteiger partial charge in [-0.05, 0) is 42.5 Å². The third kappa shape index (κ3) is 2.67. The molecular formula is C18H12FN3O4. The van der Waals surface area contributed by atoms with Gasteiger partial charge < -0.3 is 15.2 Å². The summed E-state index contributed by atoms with van der Waals surface area (Å²) in [6.07, 6.45) is 1.23. The Labute approximate surface area is 146 Å². The molecule has 1 aliphatic heterocycles. The van der Waals surface area contributed by atoms with Gasteiger partial charge in [0.1, 0.15) is 17.1 Å². The van der Waals surface area contributed by atoms with Crippen LogP contribution in [0.4, 0.5) is 10.1 Å². The van der Waals surface area contributed by atoms with Crippen LogP contribution in [0.2, 0.25) is 0 Å². The van der Waals surface area contributed by atoms with E-state index < -0.39 is 11.8 Å². The lowest BCUT2D eigenvalue weighted by Gasteiger charge is -2.19.